The van der Waals surface area contributed by atoms with Gasteiger partial charge in [0.05, 0.1) is 31.4 Å². The van der Waals surface area contributed by atoms with Crippen molar-refractivity contribution in [3.63, 3.8) is 0 Å². The number of ether oxygens (including phenoxy) is 2. The predicted molar refractivity (Wildman–Crippen MR) is 129 cm³/mol. The molecule has 2 amide bonds. The van der Waals surface area contributed by atoms with Crippen LogP contribution >= 0.6 is 11.6 Å². The Hall–Kier alpha value is -3.13. The fraction of sp³-hybridized carbons (Fsp3) is 0.280. The molecule has 4 rings (SSSR count). The quantitative estimate of drug-likeness (QED) is 0.541. The summed E-state index contributed by atoms with van der Waals surface area (Å²) in [7, 11) is 1.51. The van der Waals surface area contributed by atoms with Crippen LogP contribution < -0.4 is 15.4 Å². The third-order valence-corrected chi connectivity index (χ3v) is 6.04. The van der Waals surface area contributed by atoms with E-state index in [0.29, 0.717) is 36.2 Å². The third kappa shape index (κ3) is 5.45. The van der Waals surface area contributed by atoms with Gasteiger partial charge in [-0.25, -0.2) is 0 Å². The van der Waals surface area contributed by atoms with Gasteiger partial charge in [-0.3, -0.25) is 14.5 Å². The number of hydrogen-bond acceptors (Lipinski definition) is 5. The highest BCUT2D eigenvalue weighted by molar-refractivity contribution is 6.40. The molecule has 0 aromatic heterocycles. The molecule has 1 aliphatic rings. The maximum Gasteiger partial charge on any atom is 0.313 e. The molecule has 1 aliphatic heterocycles. The predicted octanol–water partition coefficient (Wildman–Crippen LogP) is 3.63. The van der Waals surface area contributed by atoms with Crippen molar-refractivity contribution in [1.82, 2.24) is 10.2 Å². The average molecular weight is 468 g/mol. The summed E-state index contributed by atoms with van der Waals surface area (Å²) in [6, 6.07) is 19.0. The van der Waals surface area contributed by atoms with E-state index in [1.807, 2.05) is 18.2 Å². The summed E-state index contributed by atoms with van der Waals surface area (Å²) in [5.41, 5.74) is 1.53. The van der Waals surface area contributed by atoms with Crippen LogP contribution in [0.15, 0.2) is 60.7 Å². The van der Waals surface area contributed by atoms with E-state index in [0.717, 1.165) is 29.4 Å². The van der Waals surface area contributed by atoms with Gasteiger partial charge in [-0.2, -0.15) is 0 Å². The van der Waals surface area contributed by atoms with E-state index in [-0.39, 0.29) is 6.04 Å². The van der Waals surface area contributed by atoms with Crippen LogP contribution in [0.2, 0.25) is 5.02 Å². The van der Waals surface area contributed by atoms with Gasteiger partial charge in [-0.05, 0) is 34.5 Å². The van der Waals surface area contributed by atoms with Gasteiger partial charge in [0.1, 0.15) is 5.75 Å². The Bertz CT molecular complexity index is 1140. The van der Waals surface area contributed by atoms with Crippen LogP contribution in [-0.4, -0.2) is 56.7 Å². The number of halogens is 1. The van der Waals surface area contributed by atoms with Crippen LogP contribution in [0.1, 0.15) is 11.6 Å². The smallest absolute Gasteiger partial charge is 0.313 e. The van der Waals surface area contributed by atoms with Gasteiger partial charge in [0.2, 0.25) is 0 Å². The molecule has 1 saturated heterocycles. The SMILES string of the molecule is COc1ccc(NC(=O)C(=O)NCC(c2cccc3ccccc23)N2CCOCC2)cc1Cl. The summed E-state index contributed by atoms with van der Waals surface area (Å²) in [4.78, 5) is 27.4. The molecular weight excluding hydrogens is 442 g/mol. The molecule has 1 heterocycles. The number of carbonyl (C=O) groups excluding carboxylic acids is 2. The van der Waals surface area contributed by atoms with Crippen molar-refractivity contribution in [2.75, 3.05) is 45.3 Å². The zero-order valence-electron chi connectivity index (χ0n) is 18.3. The molecule has 0 aliphatic carbocycles. The van der Waals surface area contributed by atoms with E-state index < -0.39 is 11.8 Å². The molecule has 3 aromatic carbocycles. The van der Waals surface area contributed by atoms with E-state index in [9.17, 15) is 9.59 Å². The molecule has 172 valence electrons. The highest BCUT2D eigenvalue weighted by Crippen LogP contribution is 2.29. The first-order valence-corrected chi connectivity index (χ1v) is 11.2. The Labute approximate surface area is 197 Å². The Morgan fingerprint density at radius 2 is 1.82 bits per heavy atom. The summed E-state index contributed by atoms with van der Waals surface area (Å²) in [6.45, 7) is 3.06. The molecule has 7 nitrogen and oxygen atoms in total. The number of benzene rings is 3. The number of amides is 2. The molecule has 1 unspecified atom stereocenters. The number of methoxy groups -OCH3 is 1. The third-order valence-electron chi connectivity index (χ3n) is 5.74. The van der Waals surface area contributed by atoms with Gasteiger partial charge in [0.25, 0.3) is 0 Å². The number of fused-ring (bicyclic) bond motifs is 1. The van der Waals surface area contributed by atoms with Crippen molar-refractivity contribution in [3.8, 4) is 5.75 Å². The lowest BCUT2D eigenvalue weighted by Gasteiger charge is -2.35. The molecule has 1 fully saturated rings. The minimum atomic E-state index is -0.755. The largest absolute Gasteiger partial charge is 0.495 e. The van der Waals surface area contributed by atoms with E-state index in [2.05, 4.69) is 39.8 Å². The van der Waals surface area contributed by atoms with Crippen LogP contribution in [0.4, 0.5) is 5.69 Å². The molecule has 33 heavy (non-hydrogen) atoms. The van der Waals surface area contributed by atoms with E-state index in [1.54, 1.807) is 12.1 Å². The highest BCUT2D eigenvalue weighted by Gasteiger charge is 2.26. The summed E-state index contributed by atoms with van der Waals surface area (Å²) in [5.74, 6) is -0.974. The van der Waals surface area contributed by atoms with Crippen LogP contribution in [0, 0.1) is 0 Å². The highest BCUT2D eigenvalue weighted by atomic mass is 35.5. The van der Waals surface area contributed by atoms with Crippen LogP contribution in [0.5, 0.6) is 5.75 Å². The van der Waals surface area contributed by atoms with E-state index in [1.165, 1.54) is 13.2 Å². The summed E-state index contributed by atoms with van der Waals surface area (Å²) in [6.07, 6.45) is 0. The minimum Gasteiger partial charge on any atom is -0.495 e. The van der Waals surface area contributed by atoms with Gasteiger partial charge in [-0.15, -0.1) is 0 Å². The molecule has 8 heteroatoms. The second-order valence-corrected chi connectivity index (χ2v) is 8.15. The molecule has 1 atom stereocenters. The fourth-order valence-corrected chi connectivity index (χ4v) is 4.33. The molecule has 0 bridgehead atoms. The van der Waals surface area contributed by atoms with E-state index in [4.69, 9.17) is 21.1 Å². The summed E-state index contributed by atoms with van der Waals surface area (Å²) >= 11 is 6.10. The number of carbonyl (C=O) groups is 2. The van der Waals surface area contributed by atoms with Crippen molar-refractivity contribution in [2.24, 2.45) is 0 Å². The number of anilines is 1. The van der Waals surface area contributed by atoms with Crippen LogP contribution in [0.25, 0.3) is 10.8 Å². The van der Waals surface area contributed by atoms with E-state index >= 15 is 0 Å². The Morgan fingerprint density at radius 1 is 1.06 bits per heavy atom. The van der Waals surface area contributed by atoms with Gasteiger partial charge in [0, 0.05) is 25.3 Å². The Morgan fingerprint density at radius 3 is 2.58 bits per heavy atom. The Kier molecular flexibility index (Phi) is 7.44. The lowest BCUT2D eigenvalue weighted by atomic mass is 9.97. The van der Waals surface area contributed by atoms with Gasteiger partial charge < -0.3 is 20.1 Å². The molecule has 2 N–H and O–H groups in total. The standard InChI is InChI=1S/C25H26ClN3O4/c1-32-23-10-9-18(15-21(23)26)28-25(31)24(30)27-16-22(29-11-13-33-14-12-29)20-8-4-6-17-5-2-3-7-19(17)20/h2-10,15,22H,11-14,16H2,1H3,(H,27,30)(H,28,31). The maximum absolute atomic E-state index is 12.6. The zero-order chi connectivity index (χ0) is 23.2. The van der Waals surface area contributed by atoms with Crippen LogP contribution in [0.3, 0.4) is 0 Å². The first-order chi connectivity index (χ1) is 16.1. The number of nitrogens with one attached hydrogen (secondary N) is 2. The normalized spacial score (nSPS) is 15.1. The summed E-state index contributed by atoms with van der Waals surface area (Å²) < 4.78 is 10.6. The van der Waals surface area contributed by atoms with Crippen molar-refractivity contribution in [2.45, 2.75) is 6.04 Å². The number of hydrogen-bond donors (Lipinski definition) is 2. The van der Waals surface area contributed by atoms with Gasteiger partial charge in [-0.1, -0.05) is 54.1 Å². The molecule has 0 spiro atoms. The first kappa shape index (κ1) is 23.0. The van der Waals surface area contributed by atoms with Crippen molar-refractivity contribution >= 4 is 39.9 Å². The lowest BCUT2D eigenvalue weighted by Crippen LogP contribution is -2.45. The zero-order valence-corrected chi connectivity index (χ0v) is 19.1. The maximum atomic E-state index is 12.6. The molecule has 0 radical (unpaired) electrons. The number of rotatable bonds is 6. The molecule has 3 aromatic rings. The van der Waals surface area contributed by atoms with Crippen LogP contribution in [-0.2, 0) is 14.3 Å². The summed E-state index contributed by atoms with van der Waals surface area (Å²) in [5, 5.41) is 8.00. The van der Waals surface area contributed by atoms with Crippen molar-refractivity contribution < 1.29 is 19.1 Å². The minimum absolute atomic E-state index is 0.0906. The second-order valence-electron chi connectivity index (χ2n) is 7.75. The number of nitrogens with zero attached hydrogens (tertiary/aromatic N) is 1. The number of morpholine rings is 1. The molecular formula is C25H26ClN3O4. The second kappa shape index (κ2) is 10.7. The van der Waals surface area contributed by atoms with Crippen molar-refractivity contribution in [1.29, 1.82) is 0 Å². The van der Waals surface area contributed by atoms with Gasteiger partial charge >= 0.3 is 11.8 Å². The topological polar surface area (TPSA) is 79.9 Å². The average Bonchev–Trinajstić information content (AvgIpc) is 2.85. The monoisotopic (exact) mass is 467 g/mol. The Balaban J connectivity index is 1.49. The lowest BCUT2D eigenvalue weighted by molar-refractivity contribution is -0.136. The first-order valence-electron chi connectivity index (χ1n) is 10.8. The fourth-order valence-electron chi connectivity index (χ4n) is 4.07. The van der Waals surface area contributed by atoms with Crippen molar-refractivity contribution in [3.05, 3.63) is 71.2 Å². The molecule has 0 saturated carbocycles. The van der Waals surface area contributed by atoms with Gasteiger partial charge in [0.15, 0.2) is 0 Å².